The standard InChI is InChI=1S/C13H9Cl3N2O4/c14-8-1-2-10(9(15)7-8)21-5-6-22-11-3-4-12(16)17-13(11)18(19)20/h1-4,7H,5-6H2. The molecule has 0 spiro atoms. The Kier molecular flexibility index (Phi) is 5.65. The second kappa shape index (κ2) is 7.49. The molecule has 0 fully saturated rings. The summed E-state index contributed by atoms with van der Waals surface area (Å²) < 4.78 is 10.7. The molecule has 0 aliphatic carbocycles. The summed E-state index contributed by atoms with van der Waals surface area (Å²) in [5, 5.41) is 11.7. The first-order valence-corrected chi connectivity index (χ1v) is 7.12. The van der Waals surface area contributed by atoms with Crippen molar-refractivity contribution in [3.05, 3.63) is 55.6 Å². The summed E-state index contributed by atoms with van der Waals surface area (Å²) in [6.45, 7) is 0.213. The first-order chi connectivity index (χ1) is 10.5. The molecule has 0 aliphatic rings. The molecule has 0 saturated carbocycles. The van der Waals surface area contributed by atoms with E-state index in [0.29, 0.717) is 15.8 Å². The number of halogens is 3. The van der Waals surface area contributed by atoms with E-state index in [0.717, 1.165) is 0 Å². The molecule has 116 valence electrons. The number of benzene rings is 1. The predicted octanol–water partition coefficient (Wildman–Crippen LogP) is 4.41. The first-order valence-electron chi connectivity index (χ1n) is 5.99. The van der Waals surface area contributed by atoms with E-state index in [-0.39, 0.29) is 24.1 Å². The number of hydrogen-bond acceptors (Lipinski definition) is 5. The van der Waals surface area contributed by atoms with Gasteiger partial charge in [-0.15, -0.1) is 0 Å². The number of ether oxygens (including phenoxy) is 2. The third kappa shape index (κ3) is 4.37. The highest BCUT2D eigenvalue weighted by Gasteiger charge is 2.18. The fraction of sp³-hybridized carbons (Fsp3) is 0.154. The molecule has 0 radical (unpaired) electrons. The third-order valence-electron chi connectivity index (χ3n) is 2.47. The predicted molar refractivity (Wildman–Crippen MR) is 83.4 cm³/mol. The summed E-state index contributed by atoms with van der Waals surface area (Å²) in [5.74, 6) is 0.00984. The SMILES string of the molecule is O=[N+]([O-])c1nc(Cl)ccc1OCCOc1ccc(Cl)cc1Cl. The molecular formula is C13H9Cl3N2O4. The van der Waals surface area contributed by atoms with E-state index >= 15 is 0 Å². The normalized spacial score (nSPS) is 10.3. The van der Waals surface area contributed by atoms with Crippen LogP contribution >= 0.6 is 34.8 Å². The molecule has 1 aromatic heterocycles. The largest absolute Gasteiger partial charge is 0.488 e. The molecule has 1 heterocycles. The lowest BCUT2D eigenvalue weighted by Crippen LogP contribution is -2.10. The van der Waals surface area contributed by atoms with Crippen LogP contribution in [0.3, 0.4) is 0 Å². The van der Waals surface area contributed by atoms with Crippen molar-refractivity contribution in [3.8, 4) is 11.5 Å². The van der Waals surface area contributed by atoms with Gasteiger partial charge in [-0.25, -0.2) is 0 Å². The Bertz CT molecular complexity index is 697. The molecule has 0 saturated heterocycles. The highest BCUT2D eigenvalue weighted by atomic mass is 35.5. The van der Waals surface area contributed by atoms with E-state index in [4.69, 9.17) is 44.3 Å². The Balaban J connectivity index is 1.93. The Hall–Kier alpha value is -1.76. The van der Waals surface area contributed by atoms with Crippen LogP contribution in [0.2, 0.25) is 15.2 Å². The third-order valence-corrected chi connectivity index (χ3v) is 3.21. The quantitative estimate of drug-likeness (QED) is 0.329. The number of pyridine rings is 1. The highest BCUT2D eigenvalue weighted by molar-refractivity contribution is 6.35. The zero-order chi connectivity index (χ0) is 16.1. The lowest BCUT2D eigenvalue weighted by Gasteiger charge is -2.09. The van der Waals surface area contributed by atoms with Gasteiger partial charge in [0, 0.05) is 11.1 Å². The van der Waals surface area contributed by atoms with Gasteiger partial charge >= 0.3 is 5.82 Å². The smallest absolute Gasteiger partial charge is 0.407 e. The van der Waals surface area contributed by atoms with Crippen LogP contribution in [0.15, 0.2) is 30.3 Å². The van der Waals surface area contributed by atoms with Crippen LogP contribution in [0.4, 0.5) is 5.82 Å². The van der Waals surface area contributed by atoms with Gasteiger partial charge in [0.1, 0.15) is 19.0 Å². The molecule has 6 nitrogen and oxygen atoms in total. The Morgan fingerprint density at radius 1 is 1.05 bits per heavy atom. The van der Waals surface area contributed by atoms with E-state index in [1.807, 2.05) is 0 Å². The zero-order valence-corrected chi connectivity index (χ0v) is 13.2. The molecule has 0 unspecified atom stereocenters. The fourth-order valence-electron chi connectivity index (χ4n) is 1.55. The summed E-state index contributed by atoms with van der Waals surface area (Å²) in [5.41, 5.74) is 0. The molecule has 0 N–H and O–H groups in total. The molecule has 0 bridgehead atoms. The van der Waals surface area contributed by atoms with Gasteiger partial charge < -0.3 is 19.6 Å². The monoisotopic (exact) mass is 362 g/mol. The molecule has 0 atom stereocenters. The van der Waals surface area contributed by atoms with Crippen LogP contribution in [0.1, 0.15) is 0 Å². The zero-order valence-electron chi connectivity index (χ0n) is 11.0. The van der Waals surface area contributed by atoms with Gasteiger partial charge in [-0.05, 0) is 45.8 Å². The van der Waals surface area contributed by atoms with Crippen LogP contribution in [-0.4, -0.2) is 23.1 Å². The van der Waals surface area contributed by atoms with Crippen molar-refractivity contribution < 1.29 is 14.4 Å². The first kappa shape index (κ1) is 16.6. The summed E-state index contributed by atoms with van der Waals surface area (Å²) in [4.78, 5) is 13.8. The lowest BCUT2D eigenvalue weighted by atomic mass is 10.3. The minimum Gasteiger partial charge on any atom is -0.488 e. The van der Waals surface area contributed by atoms with Crippen LogP contribution in [0.5, 0.6) is 11.5 Å². The number of aromatic nitrogens is 1. The van der Waals surface area contributed by atoms with E-state index < -0.39 is 10.7 Å². The maximum absolute atomic E-state index is 10.8. The number of hydrogen-bond donors (Lipinski definition) is 0. The van der Waals surface area contributed by atoms with Gasteiger partial charge in [-0.2, -0.15) is 0 Å². The van der Waals surface area contributed by atoms with Gasteiger partial charge in [0.25, 0.3) is 0 Å². The van der Waals surface area contributed by atoms with E-state index in [1.54, 1.807) is 18.2 Å². The molecule has 1 aromatic carbocycles. The highest BCUT2D eigenvalue weighted by Crippen LogP contribution is 2.28. The topological polar surface area (TPSA) is 74.5 Å². The molecule has 2 aromatic rings. The van der Waals surface area contributed by atoms with E-state index in [9.17, 15) is 10.1 Å². The summed E-state index contributed by atoms with van der Waals surface area (Å²) >= 11 is 17.3. The fourth-order valence-corrected chi connectivity index (χ4v) is 2.16. The molecule has 22 heavy (non-hydrogen) atoms. The van der Waals surface area contributed by atoms with Crippen molar-refractivity contribution >= 4 is 40.6 Å². The van der Waals surface area contributed by atoms with Crippen molar-refractivity contribution in [3.63, 3.8) is 0 Å². The minimum absolute atomic E-state index is 0.0141. The summed E-state index contributed by atoms with van der Waals surface area (Å²) in [7, 11) is 0. The van der Waals surface area contributed by atoms with Gasteiger partial charge in [-0.3, -0.25) is 0 Å². The minimum atomic E-state index is -0.669. The van der Waals surface area contributed by atoms with E-state index in [1.165, 1.54) is 12.1 Å². The molecule has 0 amide bonds. The van der Waals surface area contributed by atoms with Gasteiger partial charge in [0.05, 0.1) is 5.02 Å². The second-order valence-corrected chi connectivity index (χ2v) is 5.22. The average Bonchev–Trinajstić information content (AvgIpc) is 2.46. The van der Waals surface area contributed by atoms with Gasteiger partial charge in [0.2, 0.25) is 10.9 Å². The molecule has 9 heteroatoms. The summed E-state index contributed by atoms with van der Waals surface area (Å²) in [6.07, 6.45) is 0. The Labute approximate surface area is 140 Å². The lowest BCUT2D eigenvalue weighted by molar-refractivity contribution is -0.390. The van der Waals surface area contributed by atoms with Crippen molar-refractivity contribution in [1.82, 2.24) is 4.98 Å². The second-order valence-electron chi connectivity index (χ2n) is 3.98. The maximum Gasteiger partial charge on any atom is 0.407 e. The molecular weight excluding hydrogens is 355 g/mol. The van der Waals surface area contributed by atoms with Crippen molar-refractivity contribution in [2.75, 3.05) is 13.2 Å². The number of nitro groups is 1. The van der Waals surface area contributed by atoms with Crippen LogP contribution < -0.4 is 9.47 Å². The van der Waals surface area contributed by atoms with Crippen molar-refractivity contribution in [2.24, 2.45) is 0 Å². The molecule has 2 rings (SSSR count). The maximum atomic E-state index is 10.8. The number of rotatable bonds is 6. The van der Waals surface area contributed by atoms with Crippen molar-refractivity contribution in [1.29, 1.82) is 0 Å². The van der Waals surface area contributed by atoms with E-state index in [2.05, 4.69) is 4.98 Å². The van der Waals surface area contributed by atoms with Gasteiger partial charge in [0.15, 0.2) is 0 Å². The number of nitrogens with zero attached hydrogens (tertiary/aromatic N) is 2. The Morgan fingerprint density at radius 3 is 2.32 bits per heavy atom. The molecule has 0 aliphatic heterocycles. The Morgan fingerprint density at radius 2 is 1.68 bits per heavy atom. The van der Waals surface area contributed by atoms with Crippen LogP contribution in [-0.2, 0) is 0 Å². The van der Waals surface area contributed by atoms with Gasteiger partial charge in [-0.1, -0.05) is 23.2 Å². The van der Waals surface area contributed by atoms with Crippen LogP contribution in [0.25, 0.3) is 0 Å². The van der Waals surface area contributed by atoms with Crippen LogP contribution in [0, 0.1) is 10.1 Å². The average molecular weight is 364 g/mol. The van der Waals surface area contributed by atoms with Crippen molar-refractivity contribution in [2.45, 2.75) is 0 Å². The summed E-state index contributed by atoms with van der Waals surface area (Å²) in [6, 6.07) is 7.59.